The molecule has 0 atom stereocenters. The summed E-state index contributed by atoms with van der Waals surface area (Å²) in [5.74, 6) is -2.57. The Morgan fingerprint density at radius 1 is 1.22 bits per heavy atom. The molecular weight excluding hydrogens is 432 g/mol. The van der Waals surface area contributed by atoms with Crippen molar-refractivity contribution in [1.29, 1.82) is 0 Å². The van der Waals surface area contributed by atoms with E-state index in [4.69, 9.17) is 0 Å². The molecule has 0 aliphatic rings. The van der Waals surface area contributed by atoms with Gasteiger partial charge in [-0.3, -0.25) is 14.6 Å². The van der Waals surface area contributed by atoms with Crippen molar-refractivity contribution < 1.29 is 31.9 Å². The number of hydrogen-bond acceptors (Lipinski definition) is 5. The summed E-state index contributed by atoms with van der Waals surface area (Å²) in [6.07, 6.45) is -2.75. The first-order chi connectivity index (χ1) is 15.0. The lowest BCUT2D eigenvalue weighted by atomic mass is 10.1. The second-order valence-electron chi connectivity index (χ2n) is 7.30. The van der Waals surface area contributed by atoms with E-state index < -0.39 is 30.4 Å². The van der Waals surface area contributed by atoms with E-state index in [1.807, 2.05) is 0 Å². The second kappa shape index (κ2) is 10.9. The molecule has 0 unspecified atom stereocenters. The highest BCUT2D eigenvalue weighted by atomic mass is 19.4. The van der Waals surface area contributed by atoms with Gasteiger partial charge in [0.15, 0.2) is 12.4 Å². The molecule has 2 heterocycles. The Balaban J connectivity index is 2.02. The first-order valence-electron chi connectivity index (χ1n) is 9.83. The van der Waals surface area contributed by atoms with Gasteiger partial charge in [0, 0.05) is 37.3 Å². The van der Waals surface area contributed by atoms with Gasteiger partial charge in [0.25, 0.3) is 11.8 Å². The van der Waals surface area contributed by atoms with E-state index in [1.54, 1.807) is 26.0 Å². The molecule has 0 aromatic carbocycles. The first-order valence-corrected chi connectivity index (χ1v) is 9.83. The molecule has 0 fully saturated rings. The quantitative estimate of drug-likeness (QED) is 0.566. The molecule has 2 aromatic heterocycles. The number of halogens is 4. The molecule has 174 valence electrons. The van der Waals surface area contributed by atoms with Crippen LogP contribution >= 0.6 is 0 Å². The lowest BCUT2D eigenvalue weighted by Gasteiger charge is -2.13. The highest BCUT2D eigenvalue weighted by Crippen LogP contribution is 2.22. The summed E-state index contributed by atoms with van der Waals surface area (Å²) >= 11 is 0. The molecule has 0 saturated carbocycles. The topological polar surface area (TPSA) is 93.2 Å². The molecule has 0 radical (unpaired) electrons. The van der Waals surface area contributed by atoms with Crippen LogP contribution in [0.1, 0.15) is 41.2 Å². The maximum absolute atomic E-state index is 14.1. The maximum atomic E-state index is 14.1. The summed E-state index contributed by atoms with van der Waals surface area (Å²) in [5.41, 5.74) is 1.27. The zero-order valence-corrected chi connectivity index (χ0v) is 17.8. The van der Waals surface area contributed by atoms with E-state index in [-0.39, 0.29) is 29.6 Å². The van der Waals surface area contributed by atoms with Gasteiger partial charge < -0.3 is 15.4 Å². The minimum Gasteiger partial charge on any atom is -0.466 e. The van der Waals surface area contributed by atoms with Crippen molar-refractivity contribution in [3.8, 4) is 5.88 Å². The molecule has 2 amide bonds. The Kier molecular flexibility index (Phi) is 8.50. The fraction of sp³-hybridized carbons (Fsp3) is 0.429. The molecule has 2 aromatic rings. The molecule has 2 N–H and O–H groups in total. The van der Waals surface area contributed by atoms with Crippen LogP contribution in [0.5, 0.6) is 5.88 Å². The SMILES string of the molecule is Cc1nc(OCC(F)(F)F)c(F)cc1CNC(=O)c1cccnc1CCNC(=O)C(C)C. The van der Waals surface area contributed by atoms with Crippen molar-refractivity contribution in [2.24, 2.45) is 5.92 Å². The van der Waals surface area contributed by atoms with E-state index in [1.165, 1.54) is 13.1 Å². The largest absolute Gasteiger partial charge is 0.466 e. The fourth-order valence-electron chi connectivity index (χ4n) is 2.65. The monoisotopic (exact) mass is 456 g/mol. The third kappa shape index (κ3) is 7.47. The zero-order valence-electron chi connectivity index (χ0n) is 17.8. The Morgan fingerprint density at radius 2 is 1.94 bits per heavy atom. The number of hydrogen-bond donors (Lipinski definition) is 2. The molecule has 0 bridgehead atoms. The van der Waals surface area contributed by atoms with Crippen LogP contribution in [-0.4, -0.2) is 41.1 Å². The summed E-state index contributed by atoms with van der Waals surface area (Å²) in [7, 11) is 0. The number of amides is 2. The first kappa shape index (κ1) is 25.0. The van der Waals surface area contributed by atoms with Crippen molar-refractivity contribution >= 4 is 11.8 Å². The van der Waals surface area contributed by atoms with Gasteiger partial charge in [0.2, 0.25) is 5.91 Å². The Hall–Kier alpha value is -3.24. The number of ether oxygens (including phenoxy) is 1. The number of carbonyl (C=O) groups is 2. The summed E-state index contributed by atoms with van der Waals surface area (Å²) in [4.78, 5) is 32.2. The maximum Gasteiger partial charge on any atom is 0.422 e. The molecule has 0 spiro atoms. The number of nitrogens with zero attached hydrogens (tertiary/aromatic N) is 2. The highest BCUT2D eigenvalue weighted by molar-refractivity contribution is 5.95. The smallest absolute Gasteiger partial charge is 0.422 e. The molecule has 7 nitrogen and oxygen atoms in total. The predicted octanol–water partition coefficient (Wildman–Crippen LogP) is 3.11. The Morgan fingerprint density at radius 3 is 2.59 bits per heavy atom. The molecule has 2 rings (SSSR count). The van der Waals surface area contributed by atoms with Crippen molar-refractivity contribution in [1.82, 2.24) is 20.6 Å². The molecule has 32 heavy (non-hydrogen) atoms. The summed E-state index contributed by atoms with van der Waals surface area (Å²) in [5, 5.41) is 5.37. The number of pyridine rings is 2. The standard InChI is InChI=1S/C21H24F4N4O3/c1-12(2)18(30)27-8-6-17-15(5-4-7-26-17)19(31)28-10-14-9-16(22)20(29-13(14)3)32-11-21(23,24)25/h4-5,7,9,12H,6,8,10-11H2,1-3H3,(H,27,30)(H,28,31). The van der Waals surface area contributed by atoms with Gasteiger partial charge in [-0.25, -0.2) is 9.37 Å². The van der Waals surface area contributed by atoms with Crippen LogP contribution in [0.3, 0.4) is 0 Å². The van der Waals surface area contributed by atoms with Crippen molar-refractivity contribution in [3.63, 3.8) is 0 Å². The Labute approximate surface area is 182 Å². The number of aryl methyl sites for hydroxylation is 1. The molecule has 0 saturated heterocycles. The van der Waals surface area contributed by atoms with Crippen LogP contribution in [-0.2, 0) is 17.8 Å². The number of nitrogens with one attached hydrogen (secondary N) is 2. The minimum absolute atomic E-state index is 0.105. The number of aromatic nitrogens is 2. The van der Waals surface area contributed by atoms with Crippen LogP contribution in [0.15, 0.2) is 24.4 Å². The van der Waals surface area contributed by atoms with Crippen LogP contribution in [0.25, 0.3) is 0 Å². The number of alkyl halides is 3. The van der Waals surface area contributed by atoms with Crippen molar-refractivity contribution in [2.45, 2.75) is 39.9 Å². The van der Waals surface area contributed by atoms with Gasteiger partial charge in [0.1, 0.15) is 0 Å². The van der Waals surface area contributed by atoms with Crippen LogP contribution in [0, 0.1) is 18.7 Å². The third-order valence-electron chi connectivity index (χ3n) is 4.37. The average molecular weight is 456 g/mol. The second-order valence-corrected chi connectivity index (χ2v) is 7.30. The van der Waals surface area contributed by atoms with Crippen molar-refractivity contribution in [2.75, 3.05) is 13.2 Å². The summed E-state index contributed by atoms with van der Waals surface area (Å²) in [6, 6.07) is 4.13. The van der Waals surface area contributed by atoms with Crippen LogP contribution in [0.2, 0.25) is 0 Å². The van der Waals surface area contributed by atoms with Crippen LogP contribution < -0.4 is 15.4 Å². The van der Waals surface area contributed by atoms with E-state index in [0.717, 1.165) is 6.07 Å². The van der Waals surface area contributed by atoms with E-state index in [9.17, 15) is 27.2 Å². The van der Waals surface area contributed by atoms with Gasteiger partial charge in [-0.15, -0.1) is 0 Å². The van der Waals surface area contributed by atoms with E-state index in [2.05, 4.69) is 25.3 Å². The van der Waals surface area contributed by atoms with E-state index in [0.29, 0.717) is 24.2 Å². The van der Waals surface area contributed by atoms with Gasteiger partial charge in [-0.05, 0) is 30.7 Å². The van der Waals surface area contributed by atoms with Crippen molar-refractivity contribution in [3.05, 3.63) is 52.7 Å². The molecule has 11 heteroatoms. The van der Waals surface area contributed by atoms with Gasteiger partial charge in [-0.2, -0.15) is 13.2 Å². The zero-order chi connectivity index (χ0) is 23.9. The Bertz CT molecular complexity index is 965. The van der Waals surface area contributed by atoms with Gasteiger partial charge in [-0.1, -0.05) is 13.8 Å². The third-order valence-corrected chi connectivity index (χ3v) is 4.37. The number of rotatable bonds is 9. The molecule has 0 aliphatic heterocycles. The molecule has 0 aliphatic carbocycles. The lowest BCUT2D eigenvalue weighted by Crippen LogP contribution is -2.30. The lowest BCUT2D eigenvalue weighted by molar-refractivity contribution is -0.154. The van der Waals surface area contributed by atoms with E-state index >= 15 is 0 Å². The number of carbonyl (C=O) groups excluding carboxylic acids is 2. The average Bonchev–Trinajstić information content (AvgIpc) is 2.72. The predicted molar refractivity (Wildman–Crippen MR) is 107 cm³/mol. The minimum atomic E-state index is -4.62. The van der Waals surface area contributed by atoms with Crippen LogP contribution in [0.4, 0.5) is 17.6 Å². The normalized spacial score (nSPS) is 11.4. The van der Waals surface area contributed by atoms with Gasteiger partial charge in [0.05, 0.1) is 11.3 Å². The van der Waals surface area contributed by atoms with Gasteiger partial charge >= 0.3 is 6.18 Å². The fourth-order valence-corrected chi connectivity index (χ4v) is 2.65. The highest BCUT2D eigenvalue weighted by Gasteiger charge is 2.29. The molecular formula is C21H24F4N4O3. The summed E-state index contributed by atoms with van der Waals surface area (Å²) < 4.78 is 55.2. The summed E-state index contributed by atoms with van der Waals surface area (Å²) in [6.45, 7) is 3.55.